The molecule has 0 aliphatic carbocycles. The third-order valence-electron chi connectivity index (χ3n) is 3.97. The average Bonchev–Trinajstić information content (AvgIpc) is 2.60. The number of carbonyl (C=O) groups excluding carboxylic acids is 1. The Morgan fingerprint density at radius 3 is 2.17 bits per heavy atom. The molecule has 2 aromatic rings. The molecule has 0 heterocycles. The molecular weight excluding hydrogens is 307 g/mol. The molecule has 0 spiro atoms. The fraction of sp³-hybridized carbons (Fsp3) is 0.316. The van der Waals surface area contributed by atoms with Crippen LogP contribution in [0.5, 0.6) is 0 Å². The Balaban J connectivity index is 2.04. The van der Waals surface area contributed by atoms with Gasteiger partial charge in [-0.2, -0.15) is 0 Å². The second-order valence-corrected chi connectivity index (χ2v) is 5.60. The smallest absolute Gasteiger partial charge is 0.317 e. The second-order valence-electron chi connectivity index (χ2n) is 5.60. The highest BCUT2D eigenvalue weighted by Crippen LogP contribution is 2.22. The van der Waals surface area contributed by atoms with E-state index in [-0.39, 0.29) is 24.5 Å². The minimum absolute atomic E-state index is 0.0536. The summed E-state index contributed by atoms with van der Waals surface area (Å²) in [4.78, 5) is 13.7. The number of rotatable bonds is 6. The fourth-order valence-corrected chi connectivity index (χ4v) is 2.49. The average molecular weight is 330 g/mol. The van der Waals surface area contributed by atoms with E-state index in [1.807, 2.05) is 38.1 Å². The molecule has 128 valence electrons. The van der Waals surface area contributed by atoms with E-state index in [1.165, 1.54) is 12.1 Å². The van der Waals surface area contributed by atoms with Gasteiger partial charge in [0, 0.05) is 13.1 Å². The largest absolute Gasteiger partial charge is 0.395 e. The van der Waals surface area contributed by atoms with Crippen LogP contribution in [0.15, 0.2) is 48.5 Å². The standard InChI is InChI=1S/C19H23FN2O2/c1-3-22(12-13-23)19(24)21-14(2)15-4-6-16(7-5-15)17-8-10-18(20)11-9-17/h4-11,14,23H,3,12-13H2,1-2H3,(H,21,24). The highest BCUT2D eigenvalue weighted by atomic mass is 19.1. The van der Waals surface area contributed by atoms with Gasteiger partial charge in [0.1, 0.15) is 5.82 Å². The van der Waals surface area contributed by atoms with Crippen LogP contribution in [0.25, 0.3) is 11.1 Å². The Kier molecular flexibility index (Phi) is 6.32. The first-order chi connectivity index (χ1) is 11.5. The first-order valence-corrected chi connectivity index (χ1v) is 8.07. The third-order valence-corrected chi connectivity index (χ3v) is 3.97. The van der Waals surface area contributed by atoms with Crippen molar-refractivity contribution in [3.8, 4) is 11.1 Å². The van der Waals surface area contributed by atoms with Gasteiger partial charge in [-0.1, -0.05) is 36.4 Å². The van der Waals surface area contributed by atoms with Crippen LogP contribution in [-0.2, 0) is 0 Å². The number of hydrogen-bond acceptors (Lipinski definition) is 2. The number of nitrogens with zero attached hydrogens (tertiary/aromatic N) is 1. The van der Waals surface area contributed by atoms with Gasteiger partial charge in [-0.25, -0.2) is 9.18 Å². The summed E-state index contributed by atoms with van der Waals surface area (Å²) >= 11 is 0. The lowest BCUT2D eigenvalue weighted by atomic mass is 10.0. The summed E-state index contributed by atoms with van der Waals surface area (Å²) in [5.41, 5.74) is 2.92. The number of benzene rings is 2. The van der Waals surface area contributed by atoms with E-state index in [0.717, 1.165) is 16.7 Å². The number of aliphatic hydroxyl groups is 1. The van der Waals surface area contributed by atoms with Crippen LogP contribution < -0.4 is 5.32 Å². The molecule has 24 heavy (non-hydrogen) atoms. The molecule has 2 amide bonds. The Morgan fingerprint density at radius 2 is 1.67 bits per heavy atom. The van der Waals surface area contributed by atoms with E-state index in [4.69, 9.17) is 5.11 Å². The lowest BCUT2D eigenvalue weighted by Gasteiger charge is -2.23. The van der Waals surface area contributed by atoms with Crippen LogP contribution in [0, 0.1) is 5.82 Å². The molecule has 0 aliphatic rings. The molecule has 5 heteroatoms. The first kappa shape index (κ1) is 17.9. The summed E-state index contributed by atoms with van der Waals surface area (Å²) in [7, 11) is 0. The maximum Gasteiger partial charge on any atom is 0.317 e. The Bertz CT molecular complexity index is 656. The Morgan fingerprint density at radius 1 is 1.12 bits per heavy atom. The third kappa shape index (κ3) is 4.55. The quantitative estimate of drug-likeness (QED) is 0.850. The van der Waals surface area contributed by atoms with Crippen molar-refractivity contribution in [1.29, 1.82) is 0 Å². The number of aliphatic hydroxyl groups excluding tert-OH is 1. The molecule has 0 saturated heterocycles. The number of hydrogen-bond donors (Lipinski definition) is 2. The number of likely N-dealkylation sites (N-methyl/N-ethyl adjacent to an activating group) is 1. The van der Waals surface area contributed by atoms with E-state index in [2.05, 4.69) is 5.32 Å². The summed E-state index contributed by atoms with van der Waals surface area (Å²) in [5, 5.41) is 11.9. The molecule has 2 aromatic carbocycles. The number of nitrogens with one attached hydrogen (secondary N) is 1. The van der Waals surface area contributed by atoms with E-state index >= 15 is 0 Å². The molecule has 0 fully saturated rings. The normalized spacial score (nSPS) is 11.8. The fourth-order valence-electron chi connectivity index (χ4n) is 2.49. The zero-order valence-corrected chi connectivity index (χ0v) is 14.0. The minimum Gasteiger partial charge on any atom is -0.395 e. The van der Waals surface area contributed by atoms with Crippen LogP contribution in [0.4, 0.5) is 9.18 Å². The van der Waals surface area contributed by atoms with Crippen molar-refractivity contribution in [2.45, 2.75) is 19.9 Å². The molecular formula is C19H23FN2O2. The summed E-state index contributed by atoms with van der Waals surface area (Å²) in [6.45, 7) is 4.60. The van der Waals surface area contributed by atoms with Gasteiger partial charge >= 0.3 is 6.03 Å². The molecule has 0 radical (unpaired) electrons. The predicted octanol–water partition coefficient (Wildman–Crippen LogP) is 3.58. The van der Waals surface area contributed by atoms with Gasteiger partial charge in [-0.15, -0.1) is 0 Å². The van der Waals surface area contributed by atoms with Crippen molar-refractivity contribution in [2.24, 2.45) is 0 Å². The van der Waals surface area contributed by atoms with Crippen molar-refractivity contribution < 1.29 is 14.3 Å². The van der Waals surface area contributed by atoms with Gasteiger partial charge in [0.25, 0.3) is 0 Å². The lowest BCUT2D eigenvalue weighted by Crippen LogP contribution is -2.42. The molecule has 1 unspecified atom stereocenters. The molecule has 4 nitrogen and oxygen atoms in total. The van der Waals surface area contributed by atoms with Crippen LogP contribution >= 0.6 is 0 Å². The van der Waals surface area contributed by atoms with Gasteiger partial charge in [0.05, 0.1) is 12.6 Å². The van der Waals surface area contributed by atoms with Crippen LogP contribution in [0.1, 0.15) is 25.5 Å². The van der Waals surface area contributed by atoms with Crippen LogP contribution in [0.3, 0.4) is 0 Å². The predicted molar refractivity (Wildman–Crippen MR) is 93.1 cm³/mol. The summed E-state index contributed by atoms with van der Waals surface area (Å²) in [5.74, 6) is -0.255. The molecule has 0 bridgehead atoms. The van der Waals surface area contributed by atoms with Crippen LogP contribution in [-0.4, -0.2) is 35.7 Å². The molecule has 0 aromatic heterocycles. The van der Waals surface area contributed by atoms with Gasteiger partial charge in [0.15, 0.2) is 0 Å². The minimum atomic E-state index is -0.255. The van der Waals surface area contributed by atoms with Gasteiger partial charge in [-0.05, 0) is 42.7 Å². The zero-order valence-electron chi connectivity index (χ0n) is 14.0. The Hall–Kier alpha value is -2.40. The van der Waals surface area contributed by atoms with E-state index in [1.54, 1.807) is 17.0 Å². The maximum atomic E-state index is 13.0. The first-order valence-electron chi connectivity index (χ1n) is 8.07. The van der Waals surface area contributed by atoms with Crippen molar-refractivity contribution >= 4 is 6.03 Å². The number of urea groups is 1. The van der Waals surface area contributed by atoms with E-state index < -0.39 is 0 Å². The SMILES string of the molecule is CCN(CCO)C(=O)NC(C)c1ccc(-c2ccc(F)cc2)cc1. The zero-order chi connectivity index (χ0) is 17.5. The highest BCUT2D eigenvalue weighted by molar-refractivity contribution is 5.74. The van der Waals surface area contributed by atoms with Crippen molar-refractivity contribution in [1.82, 2.24) is 10.2 Å². The summed E-state index contributed by atoms with van der Waals surface area (Å²) < 4.78 is 13.0. The Labute approximate surface area is 141 Å². The number of halogens is 1. The monoisotopic (exact) mass is 330 g/mol. The maximum absolute atomic E-state index is 13.0. The molecule has 2 rings (SSSR count). The molecule has 0 saturated carbocycles. The molecule has 2 N–H and O–H groups in total. The lowest BCUT2D eigenvalue weighted by molar-refractivity contribution is 0.178. The van der Waals surface area contributed by atoms with Gasteiger partial charge in [-0.3, -0.25) is 0 Å². The van der Waals surface area contributed by atoms with Gasteiger partial charge in [0.2, 0.25) is 0 Å². The van der Waals surface area contributed by atoms with Crippen LogP contribution in [0.2, 0.25) is 0 Å². The number of amides is 2. The molecule has 0 aliphatic heterocycles. The number of carbonyl (C=O) groups is 1. The van der Waals surface area contributed by atoms with E-state index in [9.17, 15) is 9.18 Å². The topological polar surface area (TPSA) is 52.6 Å². The van der Waals surface area contributed by atoms with Crippen molar-refractivity contribution in [3.05, 3.63) is 59.9 Å². The van der Waals surface area contributed by atoms with E-state index in [0.29, 0.717) is 13.1 Å². The summed E-state index contributed by atoms with van der Waals surface area (Å²) in [6, 6.07) is 13.8. The highest BCUT2D eigenvalue weighted by Gasteiger charge is 2.14. The van der Waals surface area contributed by atoms with Crippen molar-refractivity contribution in [2.75, 3.05) is 19.7 Å². The van der Waals surface area contributed by atoms with Crippen molar-refractivity contribution in [3.63, 3.8) is 0 Å². The second kappa shape index (κ2) is 8.45. The molecule has 1 atom stereocenters. The summed E-state index contributed by atoms with van der Waals surface area (Å²) in [6.07, 6.45) is 0. The van der Waals surface area contributed by atoms with Gasteiger partial charge < -0.3 is 15.3 Å².